The zero-order valence-corrected chi connectivity index (χ0v) is 14.5. The van der Waals surface area contributed by atoms with Crippen molar-refractivity contribution in [3.63, 3.8) is 0 Å². The molecule has 1 saturated carbocycles. The Morgan fingerprint density at radius 3 is 2.22 bits per heavy atom. The summed E-state index contributed by atoms with van der Waals surface area (Å²) in [4.78, 5) is 14.9. The standard InChI is InChI=1S/C18H25NO3S/c1-14-6-4-5-13-19(14)18(20)15-9-11-17(12-10-15)23(21,22)16-7-2-3-8-16/h9-12,14,16H,2-8,13H2,1H3. The predicted octanol–water partition coefficient (Wildman–Crippen LogP) is 3.42. The highest BCUT2D eigenvalue weighted by Gasteiger charge is 2.30. The van der Waals surface area contributed by atoms with Crippen molar-refractivity contribution in [3.05, 3.63) is 29.8 Å². The van der Waals surface area contributed by atoms with Crippen molar-refractivity contribution in [3.8, 4) is 0 Å². The molecule has 0 bridgehead atoms. The van der Waals surface area contributed by atoms with Crippen LogP contribution in [0.5, 0.6) is 0 Å². The number of hydrogen-bond acceptors (Lipinski definition) is 3. The molecular formula is C18H25NO3S. The number of carbonyl (C=O) groups is 1. The maximum Gasteiger partial charge on any atom is 0.254 e. The first kappa shape index (κ1) is 16.5. The van der Waals surface area contributed by atoms with Gasteiger partial charge in [-0.05, 0) is 63.3 Å². The van der Waals surface area contributed by atoms with E-state index in [1.807, 2.05) is 4.90 Å². The van der Waals surface area contributed by atoms with Gasteiger partial charge in [0.1, 0.15) is 0 Å². The van der Waals surface area contributed by atoms with E-state index in [1.165, 1.54) is 6.42 Å². The Morgan fingerprint density at radius 1 is 1.00 bits per heavy atom. The molecule has 1 unspecified atom stereocenters. The Balaban J connectivity index is 1.77. The highest BCUT2D eigenvalue weighted by molar-refractivity contribution is 7.92. The zero-order valence-electron chi connectivity index (χ0n) is 13.7. The van der Waals surface area contributed by atoms with Gasteiger partial charge in [0, 0.05) is 18.2 Å². The first-order valence-corrected chi connectivity index (χ1v) is 10.2. The molecule has 1 heterocycles. The number of hydrogen-bond donors (Lipinski definition) is 0. The third kappa shape index (κ3) is 3.30. The predicted molar refractivity (Wildman–Crippen MR) is 90.2 cm³/mol. The average molecular weight is 335 g/mol. The highest BCUT2D eigenvalue weighted by Crippen LogP contribution is 2.30. The Hall–Kier alpha value is -1.36. The van der Waals surface area contributed by atoms with Crippen molar-refractivity contribution in [1.29, 1.82) is 0 Å². The van der Waals surface area contributed by atoms with Crippen LogP contribution in [0.3, 0.4) is 0 Å². The molecule has 1 amide bonds. The molecule has 126 valence electrons. The molecule has 1 aliphatic heterocycles. The number of nitrogens with zero attached hydrogens (tertiary/aromatic N) is 1. The summed E-state index contributed by atoms with van der Waals surface area (Å²) in [5.41, 5.74) is 0.587. The van der Waals surface area contributed by atoms with E-state index in [2.05, 4.69) is 6.92 Å². The summed E-state index contributed by atoms with van der Waals surface area (Å²) < 4.78 is 25.1. The Kier molecular flexibility index (Phi) is 4.76. The summed E-state index contributed by atoms with van der Waals surface area (Å²) in [6.07, 6.45) is 6.76. The van der Waals surface area contributed by atoms with Crippen molar-refractivity contribution >= 4 is 15.7 Å². The van der Waals surface area contributed by atoms with E-state index in [9.17, 15) is 13.2 Å². The molecule has 4 nitrogen and oxygen atoms in total. The number of piperidine rings is 1. The van der Waals surface area contributed by atoms with Gasteiger partial charge in [-0.1, -0.05) is 12.8 Å². The van der Waals surface area contributed by atoms with Crippen LogP contribution >= 0.6 is 0 Å². The van der Waals surface area contributed by atoms with Crippen LogP contribution in [0.1, 0.15) is 62.2 Å². The van der Waals surface area contributed by atoms with Crippen LogP contribution in [0.25, 0.3) is 0 Å². The van der Waals surface area contributed by atoms with Gasteiger partial charge in [-0.2, -0.15) is 0 Å². The smallest absolute Gasteiger partial charge is 0.254 e. The van der Waals surface area contributed by atoms with Crippen molar-refractivity contribution in [2.24, 2.45) is 0 Å². The van der Waals surface area contributed by atoms with Crippen molar-refractivity contribution in [1.82, 2.24) is 4.90 Å². The number of likely N-dealkylation sites (tertiary alicyclic amines) is 1. The van der Waals surface area contributed by atoms with Crippen LogP contribution in [-0.2, 0) is 9.84 Å². The Labute approximate surface area is 138 Å². The first-order valence-electron chi connectivity index (χ1n) is 8.65. The quantitative estimate of drug-likeness (QED) is 0.850. The van der Waals surface area contributed by atoms with Crippen molar-refractivity contribution < 1.29 is 13.2 Å². The third-order valence-electron chi connectivity index (χ3n) is 5.23. The summed E-state index contributed by atoms with van der Waals surface area (Å²) in [6.45, 7) is 2.87. The van der Waals surface area contributed by atoms with E-state index in [0.29, 0.717) is 10.5 Å². The zero-order chi connectivity index (χ0) is 16.4. The molecule has 1 aromatic rings. The van der Waals surface area contributed by atoms with Crippen LogP contribution in [0.2, 0.25) is 0 Å². The van der Waals surface area contributed by atoms with Gasteiger partial charge in [0.05, 0.1) is 10.1 Å². The molecule has 5 heteroatoms. The van der Waals surface area contributed by atoms with Gasteiger partial charge in [-0.15, -0.1) is 0 Å². The number of carbonyl (C=O) groups excluding carboxylic acids is 1. The molecule has 1 aliphatic carbocycles. The SMILES string of the molecule is CC1CCCCN1C(=O)c1ccc(S(=O)(=O)C2CCCC2)cc1. The second kappa shape index (κ2) is 6.63. The first-order chi connectivity index (χ1) is 11.0. The van der Waals surface area contributed by atoms with Gasteiger partial charge in [0.15, 0.2) is 9.84 Å². The Morgan fingerprint density at radius 2 is 1.61 bits per heavy atom. The molecule has 23 heavy (non-hydrogen) atoms. The van der Waals surface area contributed by atoms with E-state index < -0.39 is 9.84 Å². The highest BCUT2D eigenvalue weighted by atomic mass is 32.2. The maximum absolute atomic E-state index is 12.6. The molecule has 0 spiro atoms. The fraction of sp³-hybridized carbons (Fsp3) is 0.611. The second-order valence-electron chi connectivity index (χ2n) is 6.82. The van der Waals surface area contributed by atoms with Gasteiger partial charge in [0.2, 0.25) is 0 Å². The van der Waals surface area contributed by atoms with E-state index in [0.717, 1.165) is 45.1 Å². The summed E-state index contributed by atoms with van der Waals surface area (Å²) in [5, 5.41) is -0.244. The fourth-order valence-electron chi connectivity index (χ4n) is 3.74. The van der Waals surface area contributed by atoms with Gasteiger partial charge < -0.3 is 4.90 Å². The minimum atomic E-state index is -3.24. The molecule has 0 N–H and O–H groups in total. The number of sulfone groups is 1. The Bertz CT molecular complexity index is 660. The lowest BCUT2D eigenvalue weighted by atomic mass is 10.0. The molecule has 1 aromatic carbocycles. The molecule has 3 rings (SSSR count). The van der Waals surface area contributed by atoms with Gasteiger partial charge in [-0.3, -0.25) is 4.79 Å². The van der Waals surface area contributed by atoms with Gasteiger partial charge in [0.25, 0.3) is 5.91 Å². The van der Waals surface area contributed by atoms with Gasteiger partial charge in [-0.25, -0.2) is 8.42 Å². The minimum absolute atomic E-state index is 0.0158. The summed E-state index contributed by atoms with van der Waals surface area (Å²) in [5.74, 6) is 0.0158. The molecule has 2 aliphatic rings. The van der Waals surface area contributed by atoms with Crippen LogP contribution in [0, 0.1) is 0 Å². The number of rotatable bonds is 3. The monoisotopic (exact) mass is 335 g/mol. The van der Waals surface area contributed by atoms with E-state index >= 15 is 0 Å². The van der Waals surface area contributed by atoms with Crippen LogP contribution in [-0.4, -0.2) is 37.1 Å². The van der Waals surface area contributed by atoms with E-state index in [4.69, 9.17) is 0 Å². The fourth-order valence-corrected chi connectivity index (χ4v) is 5.60. The molecule has 1 atom stereocenters. The summed E-state index contributed by atoms with van der Waals surface area (Å²) >= 11 is 0. The van der Waals surface area contributed by atoms with Crippen LogP contribution in [0.4, 0.5) is 0 Å². The largest absolute Gasteiger partial charge is 0.336 e. The van der Waals surface area contributed by atoms with Crippen molar-refractivity contribution in [2.75, 3.05) is 6.54 Å². The lowest BCUT2D eigenvalue weighted by molar-refractivity contribution is 0.0635. The number of amides is 1. The summed E-state index contributed by atoms with van der Waals surface area (Å²) in [7, 11) is -3.24. The van der Waals surface area contributed by atoms with Crippen molar-refractivity contribution in [2.45, 2.75) is 68.1 Å². The normalized spacial score (nSPS) is 23.2. The lowest BCUT2D eigenvalue weighted by Gasteiger charge is -2.33. The second-order valence-corrected chi connectivity index (χ2v) is 9.05. The maximum atomic E-state index is 12.6. The lowest BCUT2D eigenvalue weighted by Crippen LogP contribution is -2.42. The molecular weight excluding hydrogens is 310 g/mol. The van der Waals surface area contributed by atoms with E-state index in [-0.39, 0.29) is 17.2 Å². The van der Waals surface area contributed by atoms with Crippen LogP contribution < -0.4 is 0 Å². The molecule has 0 radical (unpaired) electrons. The van der Waals surface area contributed by atoms with Gasteiger partial charge >= 0.3 is 0 Å². The molecule has 0 aromatic heterocycles. The molecule has 2 fully saturated rings. The summed E-state index contributed by atoms with van der Waals surface area (Å²) in [6, 6.07) is 6.82. The van der Waals surface area contributed by atoms with Crippen LogP contribution in [0.15, 0.2) is 29.2 Å². The van der Waals surface area contributed by atoms with E-state index in [1.54, 1.807) is 24.3 Å². The third-order valence-corrected chi connectivity index (χ3v) is 7.51. The topological polar surface area (TPSA) is 54.5 Å². The molecule has 1 saturated heterocycles. The average Bonchev–Trinajstić information content (AvgIpc) is 3.10. The minimum Gasteiger partial charge on any atom is -0.336 e. The number of benzene rings is 1.